The van der Waals surface area contributed by atoms with Crippen molar-refractivity contribution in [3.63, 3.8) is 0 Å². The van der Waals surface area contributed by atoms with Gasteiger partial charge in [-0.1, -0.05) is 37.8 Å². The van der Waals surface area contributed by atoms with Crippen molar-refractivity contribution in [2.45, 2.75) is 108 Å². The zero-order chi connectivity index (χ0) is 27.4. The summed E-state index contributed by atoms with van der Waals surface area (Å²) in [5.74, 6) is 1.66. The van der Waals surface area contributed by atoms with Crippen LogP contribution >= 0.6 is 0 Å². The van der Waals surface area contributed by atoms with E-state index in [-0.39, 0.29) is 23.3 Å². The fourth-order valence-electron chi connectivity index (χ4n) is 8.76. The number of nitrogens with one attached hydrogen (secondary N) is 2. The van der Waals surface area contributed by atoms with Gasteiger partial charge in [0.2, 0.25) is 11.7 Å². The molecule has 5 aliphatic rings. The summed E-state index contributed by atoms with van der Waals surface area (Å²) in [5, 5.41) is 5.40. The Labute approximate surface area is 235 Å². The fourth-order valence-corrected chi connectivity index (χ4v) is 8.76. The molecular weight excluding hydrogens is 504 g/mol. The number of amides is 3. The Kier molecular flexibility index (Phi) is 6.65. The van der Waals surface area contributed by atoms with Gasteiger partial charge in [-0.2, -0.15) is 0 Å². The average Bonchev–Trinajstić information content (AvgIpc) is 2.92. The summed E-state index contributed by atoms with van der Waals surface area (Å²) < 4.78 is 1.94. The molecule has 1 aromatic carbocycles. The molecule has 2 N–H and O–H groups in total. The van der Waals surface area contributed by atoms with E-state index in [1.54, 1.807) is 12.3 Å². The number of piperidine rings is 2. The second-order valence-electron chi connectivity index (χ2n) is 12.8. The van der Waals surface area contributed by atoms with E-state index >= 15 is 0 Å². The van der Waals surface area contributed by atoms with Gasteiger partial charge >= 0.3 is 6.03 Å². The van der Waals surface area contributed by atoms with Gasteiger partial charge in [-0.3, -0.25) is 14.5 Å². The first-order chi connectivity index (χ1) is 19.4. The lowest BCUT2D eigenvalue weighted by atomic mass is 9.68. The zero-order valence-electron chi connectivity index (χ0n) is 23.3. The van der Waals surface area contributed by atoms with Gasteiger partial charge in [-0.15, -0.1) is 0 Å². The molecule has 3 amide bonds. The predicted molar refractivity (Wildman–Crippen MR) is 154 cm³/mol. The van der Waals surface area contributed by atoms with Crippen molar-refractivity contribution in [3.05, 3.63) is 46.9 Å². The third kappa shape index (κ3) is 4.62. The fraction of sp³-hybridized carbons (Fsp3) is 0.613. The maximum absolute atomic E-state index is 14.2. The van der Waals surface area contributed by atoms with Crippen molar-refractivity contribution in [2.24, 2.45) is 11.8 Å². The molecule has 4 fully saturated rings. The molecule has 2 aliphatic carbocycles. The molecule has 9 heteroatoms. The lowest BCUT2D eigenvalue weighted by Crippen LogP contribution is -2.59. The molecule has 1 aromatic heterocycles. The number of carbonyl (C=O) groups is 2. The zero-order valence-corrected chi connectivity index (χ0v) is 23.3. The number of hydrogen-bond donors (Lipinski definition) is 2. The SMILES string of the molecule is CC(=O)NC1C=CN(c2nc3ccccc3n(C3CC4CCCC(C3)N4C3CC4CCCC(C4)C3)c2=O)C(=O)N1. The highest BCUT2D eigenvalue weighted by Gasteiger charge is 2.45. The van der Waals surface area contributed by atoms with Crippen molar-refractivity contribution < 1.29 is 9.59 Å². The monoisotopic (exact) mass is 544 g/mol. The van der Waals surface area contributed by atoms with Crippen LogP contribution in [0.1, 0.15) is 83.6 Å². The van der Waals surface area contributed by atoms with Crippen molar-refractivity contribution >= 4 is 28.8 Å². The standard InChI is InChI=1S/C31H40N6O3/c1-19(38)32-28-12-13-35(31(40)34-28)29-30(39)37(27-11-3-2-10-26(27)33-29)25-17-22-8-5-9-23(18-25)36(22)24-15-20-6-4-7-21(14-20)16-24/h2-3,10-13,20-25,28H,4-9,14-18H2,1H3,(H,32,38)(H,34,40). The maximum Gasteiger partial charge on any atom is 0.329 e. The van der Waals surface area contributed by atoms with Gasteiger partial charge in [0.15, 0.2) is 0 Å². The van der Waals surface area contributed by atoms with Crippen LogP contribution in [-0.4, -0.2) is 50.7 Å². The lowest BCUT2D eigenvalue weighted by molar-refractivity contribution is -0.119. The Morgan fingerprint density at radius 1 is 0.900 bits per heavy atom. The Balaban J connectivity index is 1.22. The maximum atomic E-state index is 14.2. The Bertz CT molecular complexity index is 1380. The molecule has 7 rings (SSSR count). The Hall–Kier alpha value is -3.20. The highest BCUT2D eigenvalue weighted by atomic mass is 16.2. The third-order valence-electron chi connectivity index (χ3n) is 10.2. The first-order valence-corrected chi connectivity index (χ1v) is 15.3. The molecule has 40 heavy (non-hydrogen) atoms. The minimum atomic E-state index is -0.619. The highest BCUT2D eigenvalue weighted by molar-refractivity contribution is 5.95. The van der Waals surface area contributed by atoms with Crippen LogP contribution in [0.5, 0.6) is 0 Å². The highest BCUT2D eigenvalue weighted by Crippen LogP contribution is 2.47. The quantitative estimate of drug-likeness (QED) is 0.593. The van der Waals surface area contributed by atoms with Gasteiger partial charge in [0.25, 0.3) is 5.56 Å². The van der Waals surface area contributed by atoms with Gasteiger partial charge in [0, 0.05) is 37.3 Å². The van der Waals surface area contributed by atoms with Crippen LogP contribution in [0.4, 0.5) is 10.6 Å². The normalized spacial score (nSPS) is 34.0. The molecule has 2 saturated carbocycles. The Morgan fingerprint density at radius 2 is 1.60 bits per heavy atom. The van der Waals surface area contributed by atoms with E-state index in [9.17, 15) is 14.4 Å². The van der Waals surface area contributed by atoms with Crippen LogP contribution in [-0.2, 0) is 4.79 Å². The van der Waals surface area contributed by atoms with Crippen LogP contribution in [0.25, 0.3) is 11.0 Å². The summed E-state index contributed by atoms with van der Waals surface area (Å²) in [6.07, 6.45) is 16.5. The van der Waals surface area contributed by atoms with Crippen LogP contribution in [0.15, 0.2) is 41.3 Å². The molecule has 2 saturated heterocycles. The van der Waals surface area contributed by atoms with Gasteiger partial charge in [0.1, 0.15) is 6.17 Å². The molecule has 2 aromatic rings. The van der Waals surface area contributed by atoms with E-state index in [0.29, 0.717) is 23.6 Å². The molecule has 0 spiro atoms. The molecule has 212 valence electrons. The summed E-state index contributed by atoms with van der Waals surface area (Å²) in [7, 11) is 0. The number of hydrogen-bond acceptors (Lipinski definition) is 5. The molecule has 4 heterocycles. The Morgan fingerprint density at radius 3 is 2.30 bits per heavy atom. The van der Waals surface area contributed by atoms with Gasteiger partial charge in [0.05, 0.1) is 11.0 Å². The van der Waals surface area contributed by atoms with Crippen molar-refractivity contribution in [1.29, 1.82) is 0 Å². The van der Waals surface area contributed by atoms with Gasteiger partial charge in [-0.05, 0) is 75.0 Å². The predicted octanol–water partition coefficient (Wildman–Crippen LogP) is 4.43. The van der Waals surface area contributed by atoms with Crippen LogP contribution < -0.4 is 21.1 Å². The van der Waals surface area contributed by atoms with Crippen molar-refractivity contribution in [3.8, 4) is 0 Å². The van der Waals surface area contributed by atoms with E-state index in [2.05, 4.69) is 20.5 Å². The van der Waals surface area contributed by atoms with Crippen LogP contribution in [0.2, 0.25) is 0 Å². The molecule has 3 aliphatic heterocycles. The third-order valence-corrected chi connectivity index (χ3v) is 10.2. The number of benzene rings is 1. The number of anilines is 1. The minimum absolute atomic E-state index is 0.0674. The average molecular weight is 545 g/mol. The second kappa shape index (κ2) is 10.3. The molecule has 5 unspecified atom stereocenters. The van der Waals surface area contributed by atoms with E-state index in [1.807, 2.05) is 28.8 Å². The van der Waals surface area contributed by atoms with Gasteiger partial charge in [-0.25, -0.2) is 14.7 Å². The van der Waals surface area contributed by atoms with Crippen LogP contribution in [0.3, 0.4) is 0 Å². The molecular formula is C31H40N6O3. The summed E-state index contributed by atoms with van der Waals surface area (Å²) in [5.41, 5.74) is 1.30. The minimum Gasteiger partial charge on any atom is -0.333 e. The smallest absolute Gasteiger partial charge is 0.329 e. The number of para-hydroxylation sites is 2. The molecule has 9 nitrogen and oxygen atoms in total. The summed E-state index contributed by atoms with van der Waals surface area (Å²) >= 11 is 0. The lowest BCUT2D eigenvalue weighted by Gasteiger charge is -2.55. The van der Waals surface area contributed by atoms with E-state index in [1.165, 1.54) is 69.6 Å². The number of fused-ring (bicyclic) bond motifs is 5. The summed E-state index contributed by atoms with van der Waals surface area (Å²) in [6.45, 7) is 1.40. The second-order valence-corrected chi connectivity index (χ2v) is 12.8. The first-order valence-electron chi connectivity index (χ1n) is 15.3. The largest absolute Gasteiger partial charge is 0.333 e. The first kappa shape index (κ1) is 25.7. The van der Waals surface area contributed by atoms with E-state index < -0.39 is 12.2 Å². The molecule has 0 radical (unpaired) electrons. The van der Waals surface area contributed by atoms with Crippen molar-refractivity contribution in [1.82, 2.24) is 25.1 Å². The molecule has 5 atom stereocenters. The van der Waals surface area contributed by atoms with Crippen LogP contribution in [0, 0.1) is 11.8 Å². The summed E-state index contributed by atoms with van der Waals surface area (Å²) in [6, 6.07) is 9.06. The number of aromatic nitrogens is 2. The summed E-state index contributed by atoms with van der Waals surface area (Å²) in [4.78, 5) is 47.5. The number of urea groups is 1. The van der Waals surface area contributed by atoms with Crippen molar-refractivity contribution in [2.75, 3.05) is 4.90 Å². The topological polar surface area (TPSA) is 99.6 Å². The van der Waals surface area contributed by atoms with E-state index in [0.717, 1.165) is 30.2 Å². The number of carbonyl (C=O) groups excluding carboxylic acids is 2. The van der Waals surface area contributed by atoms with Gasteiger partial charge < -0.3 is 15.2 Å². The molecule has 4 bridgehead atoms. The van der Waals surface area contributed by atoms with E-state index in [4.69, 9.17) is 0 Å². The number of rotatable bonds is 4. The number of nitrogens with zero attached hydrogens (tertiary/aromatic N) is 4.